The van der Waals surface area contributed by atoms with Crippen LogP contribution in [0, 0.1) is 6.92 Å². The number of hydrogen-bond acceptors (Lipinski definition) is 3. The van der Waals surface area contributed by atoms with Crippen LogP contribution in [0.15, 0.2) is 189 Å². The second kappa shape index (κ2) is 14.2. The Balaban J connectivity index is 0.00000125. The molecule has 0 bridgehead atoms. The Kier molecular flexibility index (Phi) is 8.87. The van der Waals surface area contributed by atoms with Gasteiger partial charge < -0.3 is 9.47 Å². The third kappa shape index (κ3) is 6.01. The smallest absolute Gasteiger partial charge is 0.0979 e. The Morgan fingerprint density at radius 3 is 1.87 bits per heavy atom. The van der Waals surface area contributed by atoms with E-state index in [9.17, 15) is 0 Å². The van der Waals surface area contributed by atoms with E-state index in [1.54, 1.807) is 6.08 Å². The Bertz CT molecular complexity index is 2660. The monoisotopic (exact) mass is 670 g/mol. The van der Waals surface area contributed by atoms with E-state index in [-0.39, 0.29) is 0 Å². The van der Waals surface area contributed by atoms with Gasteiger partial charge in [-0.1, -0.05) is 115 Å². The number of aryl methyl sites for hydroxylation is 1. The molecule has 2 heterocycles. The summed E-state index contributed by atoms with van der Waals surface area (Å²) in [6.45, 7) is 7.42. The topological polar surface area (TPSA) is 34.0 Å². The first kappa shape index (κ1) is 32.4. The number of benzene rings is 7. The van der Waals surface area contributed by atoms with Gasteiger partial charge in [-0.2, -0.15) is 0 Å². The van der Waals surface area contributed by atoms with Crippen LogP contribution in [-0.2, 0) is 0 Å². The number of hydrogen-bond donors (Lipinski definition) is 0. The molecule has 0 unspecified atom stereocenters. The number of allylic oxidation sites excluding steroid dienone is 1. The summed E-state index contributed by atoms with van der Waals surface area (Å²) in [7, 11) is 0. The summed E-state index contributed by atoms with van der Waals surface area (Å²) in [6, 6.07) is 61.8. The number of nitrogens with zero attached hydrogens (tertiary/aromatic N) is 4. The third-order valence-electron chi connectivity index (χ3n) is 9.29. The van der Waals surface area contributed by atoms with Crippen LogP contribution < -0.4 is 4.90 Å². The van der Waals surface area contributed by atoms with Crippen LogP contribution in [0.4, 0.5) is 17.1 Å². The zero-order chi connectivity index (χ0) is 35.4. The van der Waals surface area contributed by atoms with Crippen LogP contribution in [0.3, 0.4) is 0 Å². The molecule has 0 spiro atoms. The molecule has 7 aromatic carbocycles. The van der Waals surface area contributed by atoms with Crippen molar-refractivity contribution in [2.75, 3.05) is 4.90 Å². The summed E-state index contributed by atoms with van der Waals surface area (Å²) in [6.07, 6.45) is 1.75. The van der Waals surface area contributed by atoms with Gasteiger partial charge in [-0.3, -0.25) is 0 Å². The van der Waals surface area contributed by atoms with E-state index in [1.807, 2.05) is 37.3 Å². The van der Waals surface area contributed by atoms with E-state index in [2.05, 4.69) is 169 Å². The lowest BCUT2D eigenvalue weighted by atomic mass is 9.96. The van der Waals surface area contributed by atoms with Gasteiger partial charge in [0.1, 0.15) is 0 Å². The first-order valence-electron chi connectivity index (χ1n) is 17.6. The highest BCUT2D eigenvalue weighted by Crippen LogP contribution is 2.42. The molecule has 0 amide bonds. The third-order valence-corrected chi connectivity index (χ3v) is 9.29. The second-order valence-electron chi connectivity index (χ2n) is 12.7. The highest BCUT2D eigenvalue weighted by Gasteiger charge is 2.20. The minimum absolute atomic E-state index is 0.873. The maximum absolute atomic E-state index is 5.25. The SMILES string of the molecule is C=CC.Cc1cc2ccccc2n1-c1ccc(N(c2ccccc2)c2cccc3c(-c4nc5ccccc5nc4-c4ccccc4)cccc23)cc1. The van der Waals surface area contributed by atoms with E-state index in [0.717, 1.165) is 67.1 Å². The summed E-state index contributed by atoms with van der Waals surface area (Å²) in [5.74, 6) is 0. The predicted octanol–water partition coefficient (Wildman–Crippen LogP) is 13.0. The van der Waals surface area contributed by atoms with Crippen LogP contribution in [0.2, 0.25) is 0 Å². The molecule has 0 aliphatic carbocycles. The fourth-order valence-corrected chi connectivity index (χ4v) is 7.07. The summed E-state index contributed by atoms with van der Waals surface area (Å²) in [4.78, 5) is 12.8. The Labute approximate surface area is 304 Å². The van der Waals surface area contributed by atoms with Gasteiger partial charge in [0.15, 0.2) is 0 Å². The first-order valence-corrected chi connectivity index (χ1v) is 17.6. The zero-order valence-corrected chi connectivity index (χ0v) is 29.3. The minimum Gasteiger partial charge on any atom is -0.314 e. The molecular weight excluding hydrogens is 633 g/mol. The van der Waals surface area contributed by atoms with Crippen LogP contribution in [-0.4, -0.2) is 14.5 Å². The Morgan fingerprint density at radius 2 is 1.13 bits per heavy atom. The molecule has 52 heavy (non-hydrogen) atoms. The molecule has 0 radical (unpaired) electrons. The van der Waals surface area contributed by atoms with Crippen molar-refractivity contribution in [1.82, 2.24) is 14.5 Å². The molecule has 250 valence electrons. The number of aromatic nitrogens is 3. The van der Waals surface area contributed by atoms with E-state index in [1.165, 1.54) is 16.6 Å². The maximum Gasteiger partial charge on any atom is 0.0979 e. The van der Waals surface area contributed by atoms with Crippen molar-refractivity contribution in [2.24, 2.45) is 0 Å². The van der Waals surface area contributed by atoms with Gasteiger partial charge in [-0.05, 0) is 86.0 Å². The van der Waals surface area contributed by atoms with Crippen molar-refractivity contribution < 1.29 is 0 Å². The van der Waals surface area contributed by atoms with Gasteiger partial charge in [0.2, 0.25) is 0 Å². The molecule has 0 aliphatic heterocycles. The van der Waals surface area contributed by atoms with E-state index < -0.39 is 0 Å². The molecule has 0 saturated carbocycles. The summed E-state index contributed by atoms with van der Waals surface area (Å²) in [5.41, 5.74) is 12.4. The van der Waals surface area contributed by atoms with Gasteiger partial charge in [0, 0.05) is 44.7 Å². The molecule has 0 fully saturated rings. The van der Waals surface area contributed by atoms with Crippen molar-refractivity contribution in [2.45, 2.75) is 13.8 Å². The van der Waals surface area contributed by atoms with Crippen LogP contribution in [0.5, 0.6) is 0 Å². The van der Waals surface area contributed by atoms with Crippen LogP contribution in [0.1, 0.15) is 12.6 Å². The maximum atomic E-state index is 5.25. The van der Waals surface area contributed by atoms with Crippen molar-refractivity contribution >= 4 is 49.8 Å². The summed E-state index contributed by atoms with van der Waals surface area (Å²) >= 11 is 0. The van der Waals surface area contributed by atoms with Crippen LogP contribution >= 0.6 is 0 Å². The van der Waals surface area contributed by atoms with Gasteiger partial charge >= 0.3 is 0 Å². The molecular formula is C48H38N4. The average molecular weight is 671 g/mol. The normalized spacial score (nSPS) is 11.0. The second-order valence-corrected chi connectivity index (χ2v) is 12.7. The molecule has 9 rings (SSSR count). The zero-order valence-electron chi connectivity index (χ0n) is 29.3. The molecule has 0 saturated heterocycles. The quantitative estimate of drug-likeness (QED) is 0.165. The Hall–Kier alpha value is -6.78. The lowest BCUT2D eigenvalue weighted by Gasteiger charge is -2.27. The molecule has 9 aromatic rings. The number of fused-ring (bicyclic) bond motifs is 3. The summed E-state index contributed by atoms with van der Waals surface area (Å²) < 4.78 is 2.32. The largest absolute Gasteiger partial charge is 0.314 e. The molecule has 0 atom stereocenters. The average Bonchev–Trinajstić information content (AvgIpc) is 3.54. The van der Waals surface area contributed by atoms with Gasteiger partial charge in [0.25, 0.3) is 0 Å². The lowest BCUT2D eigenvalue weighted by Crippen LogP contribution is -2.10. The van der Waals surface area contributed by atoms with Gasteiger partial charge in [-0.25, -0.2) is 9.97 Å². The van der Waals surface area contributed by atoms with Gasteiger partial charge in [-0.15, -0.1) is 6.58 Å². The number of anilines is 3. The van der Waals surface area contributed by atoms with E-state index in [4.69, 9.17) is 9.97 Å². The highest BCUT2D eigenvalue weighted by atomic mass is 15.1. The minimum atomic E-state index is 0.873. The number of para-hydroxylation sites is 4. The standard InChI is InChI=1S/C45H32N4.C3H6/c1-31-30-33-16-8-11-24-42(33)48(31)35-26-28-36(29-27-35)49(34-17-6-3-7-18-34)43-25-13-19-37-38(43)20-12-21-39(37)45-44(32-14-4-2-5-15-32)46-40-22-9-10-23-41(40)47-45;1-3-2/h2-30H,1H3;3H,1H2,2H3. The van der Waals surface area contributed by atoms with Crippen LogP contribution in [0.25, 0.3) is 60.9 Å². The lowest BCUT2D eigenvalue weighted by molar-refractivity contribution is 1.05. The van der Waals surface area contributed by atoms with E-state index in [0.29, 0.717) is 0 Å². The van der Waals surface area contributed by atoms with Crippen molar-refractivity contribution in [1.29, 1.82) is 0 Å². The fraction of sp³-hybridized carbons (Fsp3) is 0.0417. The molecule has 2 aromatic heterocycles. The summed E-state index contributed by atoms with van der Waals surface area (Å²) in [5, 5.41) is 3.50. The molecule has 4 heteroatoms. The van der Waals surface area contributed by atoms with E-state index >= 15 is 0 Å². The molecule has 0 aliphatic rings. The fourth-order valence-electron chi connectivity index (χ4n) is 7.07. The van der Waals surface area contributed by atoms with Crippen molar-refractivity contribution in [3.8, 4) is 28.2 Å². The predicted molar refractivity (Wildman–Crippen MR) is 220 cm³/mol. The van der Waals surface area contributed by atoms with Gasteiger partial charge in [0.05, 0.1) is 33.6 Å². The number of rotatable bonds is 6. The Morgan fingerprint density at radius 1 is 0.558 bits per heavy atom. The highest BCUT2D eigenvalue weighted by molar-refractivity contribution is 6.07. The molecule has 0 N–H and O–H groups in total. The molecule has 4 nitrogen and oxygen atoms in total. The van der Waals surface area contributed by atoms with Crippen molar-refractivity contribution in [3.63, 3.8) is 0 Å². The first-order chi connectivity index (χ1) is 25.6. The van der Waals surface area contributed by atoms with Crippen molar-refractivity contribution in [3.05, 3.63) is 194 Å².